The fourth-order valence-electron chi connectivity index (χ4n) is 5.04. The van der Waals surface area contributed by atoms with Crippen LogP contribution in [0.1, 0.15) is 23.6 Å². The molecule has 0 aliphatic carbocycles. The molecule has 0 radical (unpaired) electrons. The second-order valence-electron chi connectivity index (χ2n) is 10.5. The number of carbonyl (C=O) groups is 2. The lowest BCUT2D eigenvalue weighted by Crippen LogP contribution is -2.61. The molecule has 0 saturated carbocycles. The summed E-state index contributed by atoms with van der Waals surface area (Å²) < 4.78 is 45.8. The molecule has 9 nitrogen and oxygen atoms in total. The lowest BCUT2D eigenvalue weighted by atomic mass is 10.0. The fraction of sp³-hybridized carbons (Fsp3) is 0.517. The first kappa shape index (κ1) is 34.9. The summed E-state index contributed by atoms with van der Waals surface area (Å²) in [5.74, 6) is -0.799. The van der Waals surface area contributed by atoms with Gasteiger partial charge in [0, 0.05) is 61.5 Å². The van der Waals surface area contributed by atoms with Crippen molar-refractivity contribution in [3.8, 4) is 0 Å². The average Bonchev–Trinajstić information content (AvgIpc) is 2.96. The van der Waals surface area contributed by atoms with E-state index < -0.39 is 35.6 Å². The number of ether oxygens (including phenoxy) is 1. The summed E-state index contributed by atoms with van der Waals surface area (Å²) in [4.78, 5) is 29.7. The zero-order valence-corrected chi connectivity index (χ0v) is 25.8. The molecule has 14 heteroatoms. The van der Waals surface area contributed by atoms with Gasteiger partial charge in [-0.25, -0.2) is 0 Å². The van der Waals surface area contributed by atoms with E-state index in [1.54, 1.807) is 32.4 Å². The molecule has 1 fully saturated rings. The number of nitrogens with one attached hydrogen (secondary N) is 3. The van der Waals surface area contributed by atoms with E-state index in [1.807, 2.05) is 11.8 Å². The van der Waals surface area contributed by atoms with Crippen LogP contribution in [-0.2, 0) is 33.5 Å². The van der Waals surface area contributed by atoms with Gasteiger partial charge in [0.1, 0.15) is 6.04 Å². The predicted octanol–water partition coefficient (Wildman–Crippen LogP) is 3.09. The molecule has 43 heavy (non-hydrogen) atoms. The number of aliphatic hydroxyl groups is 1. The monoisotopic (exact) mass is 647 g/mol. The molecule has 1 aliphatic heterocycles. The average molecular weight is 649 g/mol. The van der Waals surface area contributed by atoms with Crippen molar-refractivity contribution in [2.24, 2.45) is 0 Å². The standard InChI is InChI=1S/C29H38Cl2F3N5O4/c1-18(17-43-3)36-13-20-10-21(29(32,33)34)5-7-26(20)38-8-9-39(23(15-38)16-40)28(42)25(37-27(41)14-35-2)11-19-4-6-22(30)12-24(19)31/h4-7,10,12,18,23,25,35-36,40H,8-9,11,13-17H2,1-3H3,(H,37,41). The third kappa shape index (κ3) is 9.69. The molecule has 0 spiro atoms. The Kier molecular flexibility index (Phi) is 12.9. The number of hydrogen-bond donors (Lipinski definition) is 4. The second kappa shape index (κ2) is 15.9. The molecule has 4 N–H and O–H groups in total. The lowest BCUT2D eigenvalue weighted by Gasteiger charge is -2.43. The first-order chi connectivity index (χ1) is 20.4. The van der Waals surface area contributed by atoms with Gasteiger partial charge in [-0.3, -0.25) is 9.59 Å². The van der Waals surface area contributed by atoms with Crippen LogP contribution >= 0.6 is 23.2 Å². The number of alkyl halides is 3. The van der Waals surface area contributed by atoms with Crippen molar-refractivity contribution in [3.05, 3.63) is 63.1 Å². The van der Waals surface area contributed by atoms with Crippen molar-refractivity contribution < 1.29 is 32.6 Å². The topological polar surface area (TPSA) is 106 Å². The Labute approximate surface area is 259 Å². The Balaban J connectivity index is 1.85. The summed E-state index contributed by atoms with van der Waals surface area (Å²) in [7, 11) is 3.15. The Bertz CT molecular complexity index is 1250. The van der Waals surface area contributed by atoms with Crippen LogP contribution < -0.4 is 20.9 Å². The third-order valence-corrected chi connectivity index (χ3v) is 7.78. The van der Waals surface area contributed by atoms with Crippen LogP contribution in [0.5, 0.6) is 0 Å². The van der Waals surface area contributed by atoms with E-state index in [4.69, 9.17) is 27.9 Å². The van der Waals surface area contributed by atoms with Gasteiger partial charge in [0.2, 0.25) is 11.8 Å². The maximum absolute atomic E-state index is 13.8. The zero-order chi connectivity index (χ0) is 31.7. The van der Waals surface area contributed by atoms with Crippen LogP contribution in [0.2, 0.25) is 10.0 Å². The molecule has 0 bridgehead atoms. The summed E-state index contributed by atoms with van der Waals surface area (Å²) in [5.41, 5.74) is 0.852. The maximum Gasteiger partial charge on any atom is 0.416 e. The minimum atomic E-state index is -4.51. The van der Waals surface area contributed by atoms with Crippen LogP contribution in [0.4, 0.5) is 18.9 Å². The first-order valence-electron chi connectivity index (χ1n) is 13.8. The van der Waals surface area contributed by atoms with E-state index in [-0.39, 0.29) is 45.2 Å². The van der Waals surface area contributed by atoms with Crippen LogP contribution in [0, 0.1) is 0 Å². The molecule has 1 saturated heterocycles. The smallest absolute Gasteiger partial charge is 0.394 e. The molecule has 238 valence electrons. The molecule has 0 aromatic heterocycles. The Hall–Kier alpha value is -2.61. The van der Waals surface area contributed by atoms with Gasteiger partial charge >= 0.3 is 6.18 Å². The van der Waals surface area contributed by atoms with E-state index in [0.29, 0.717) is 40.0 Å². The molecular formula is C29H38Cl2F3N5O4. The number of carbonyl (C=O) groups excluding carboxylic acids is 2. The highest BCUT2D eigenvalue weighted by molar-refractivity contribution is 6.35. The van der Waals surface area contributed by atoms with Crippen molar-refractivity contribution in [1.82, 2.24) is 20.9 Å². The Morgan fingerprint density at radius 1 is 1.14 bits per heavy atom. The molecule has 2 aromatic carbocycles. The molecule has 3 unspecified atom stereocenters. The van der Waals surface area contributed by atoms with E-state index in [0.717, 1.165) is 12.1 Å². The molecule has 2 aromatic rings. The minimum absolute atomic E-state index is 0.0108. The van der Waals surface area contributed by atoms with E-state index in [9.17, 15) is 27.9 Å². The number of halogens is 5. The number of methoxy groups -OCH3 is 1. The largest absolute Gasteiger partial charge is 0.416 e. The SMILES string of the molecule is CNCC(=O)NC(Cc1ccc(Cl)cc1Cl)C(=O)N1CCN(c2ccc(C(F)(F)F)cc2CNC(C)COC)CC1CO. The Morgan fingerprint density at radius 3 is 2.51 bits per heavy atom. The van der Waals surface area contributed by atoms with Crippen molar-refractivity contribution in [3.63, 3.8) is 0 Å². The summed E-state index contributed by atoms with van der Waals surface area (Å²) in [6, 6.07) is 6.70. The number of benzene rings is 2. The highest BCUT2D eigenvalue weighted by Crippen LogP contribution is 2.34. The first-order valence-corrected chi connectivity index (χ1v) is 14.6. The molecule has 3 rings (SSSR count). The molecule has 3 atom stereocenters. The van der Waals surface area contributed by atoms with Crippen molar-refractivity contribution in [1.29, 1.82) is 0 Å². The van der Waals surface area contributed by atoms with Crippen molar-refractivity contribution >= 4 is 40.7 Å². The Morgan fingerprint density at radius 2 is 1.88 bits per heavy atom. The number of nitrogens with zero attached hydrogens (tertiary/aromatic N) is 2. The van der Waals surface area contributed by atoms with Gasteiger partial charge in [-0.2, -0.15) is 13.2 Å². The molecule has 1 heterocycles. The van der Waals surface area contributed by atoms with Crippen LogP contribution in [0.15, 0.2) is 36.4 Å². The van der Waals surface area contributed by atoms with E-state index in [1.165, 1.54) is 11.0 Å². The van der Waals surface area contributed by atoms with Gasteiger partial charge in [-0.15, -0.1) is 0 Å². The number of amides is 2. The molecule has 2 amide bonds. The van der Waals surface area contributed by atoms with Crippen LogP contribution in [0.3, 0.4) is 0 Å². The number of hydrogen-bond acceptors (Lipinski definition) is 7. The van der Waals surface area contributed by atoms with Gasteiger partial charge < -0.3 is 35.6 Å². The number of aliphatic hydroxyl groups excluding tert-OH is 1. The maximum atomic E-state index is 13.8. The quantitative estimate of drug-likeness (QED) is 0.265. The van der Waals surface area contributed by atoms with Crippen LogP contribution in [-0.4, -0.2) is 93.5 Å². The third-order valence-electron chi connectivity index (χ3n) is 7.19. The van der Waals surface area contributed by atoms with Gasteiger partial charge in [0.15, 0.2) is 0 Å². The molecule has 1 aliphatic rings. The summed E-state index contributed by atoms with van der Waals surface area (Å²) in [5, 5.41) is 19.8. The van der Waals surface area contributed by atoms with Gasteiger partial charge in [0.25, 0.3) is 0 Å². The molecular weight excluding hydrogens is 610 g/mol. The highest BCUT2D eigenvalue weighted by atomic mass is 35.5. The number of rotatable bonds is 13. The fourth-order valence-corrected chi connectivity index (χ4v) is 5.52. The number of piperazine rings is 1. The highest BCUT2D eigenvalue weighted by Gasteiger charge is 2.36. The number of anilines is 1. The van der Waals surface area contributed by atoms with E-state index >= 15 is 0 Å². The second-order valence-corrected chi connectivity index (χ2v) is 11.3. The predicted molar refractivity (Wildman–Crippen MR) is 160 cm³/mol. The van der Waals surface area contributed by atoms with E-state index in [2.05, 4.69) is 16.0 Å². The number of likely N-dealkylation sites (N-methyl/N-ethyl adjacent to an activating group) is 1. The zero-order valence-electron chi connectivity index (χ0n) is 24.3. The van der Waals surface area contributed by atoms with Gasteiger partial charge in [0.05, 0.1) is 31.4 Å². The normalized spacial score (nSPS) is 17.1. The van der Waals surface area contributed by atoms with Crippen molar-refractivity contribution in [2.45, 2.75) is 44.2 Å². The summed E-state index contributed by atoms with van der Waals surface area (Å²) >= 11 is 12.4. The van der Waals surface area contributed by atoms with Crippen molar-refractivity contribution in [2.75, 3.05) is 58.5 Å². The minimum Gasteiger partial charge on any atom is -0.394 e. The van der Waals surface area contributed by atoms with Crippen LogP contribution in [0.25, 0.3) is 0 Å². The van der Waals surface area contributed by atoms with Gasteiger partial charge in [-0.05, 0) is 55.4 Å². The van der Waals surface area contributed by atoms with Gasteiger partial charge in [-0.1, -0.05) is 29.3 Å². The summed E-state index contributed by atoms with van der Waals surface area (Å²) in [6.45, 7) is 2.66. The summed E-state index contributed by atoms with van der Waals surface area (Å²) in [6.07, 6.45) is -4.42. The lowest BCUT2D eigenvalue weighted by molar-refractivity contribution is -0.139.